The van der Waals surface area contributed by atoms with Gasteiger partial charge in [0.25, 0.3) is 5.91 Å². The van der Waals surface area contributed by atoms with Gasteiger partial charge in [-0.25, -0.2) is 4.39 Å². The second-order valence-electron chi connectivity index (χ2n) is 7.78. The molecule has 1 saturated heterocycles. The van der Waals surface area contributed by atoms with E-state index in [1.165, 1.54) is 29.2 Å². The highest BCUT2D eigenvalue weighted by atomic mass is 32.1. The average Bonchev–Trinajstić information content (AvgIpc) is 3.42. The summed E-state index contributed by atoms with van der Waals surface area (Å²) in [6.07, 6.45) is 0.836. The van der Waals surface area contributed by atoms with Crippen LogP contribution in [0.25, 0.3) is 0 Å². The van der Waals surface area contributed by atoms with E-state index in [1.807, 2.05) is 24.4 Å². The number of benzene rings is 2. The van der Waals surface area contributed by atoms with Crippen LogP contribution in [0.2, 0.25) is 0 Å². The van der Waals surface area contributed by atoms with Crippen molar-refractivity contribution in [1.82, 2.24) is 4.90 Å². The highest BCUT2D eigenvalue weighted by Crippen LogP contribution is 2.30. The number of nitrogens with one attached hydrogen (secondary N) is 1. The summed E-state index contributed by atoms with van der Waals surface area (Å²) in [6.45, 7) is 3.06. The molecule has 0 bridgehead atoms. The first-order valence-corrected chi connectivity index (χ1v) is 12.2. The smallest absolute Gasteiger partial charge is 0.256 e. The van der Waals surface area contributed by atoms with E-state index in [2.05, 4.69) is 5.32 Å². The Hall–Kier alpha value is -3.30. The summed E-state index contributed by atoms with van der Waals surface area (Å²) in [4.78, 5) is 30.4. The molecule has 2 heterocycles. The van der Waals surface area contributed by atoms with Crippen LogP contribution in [0, 0.1) is 5.82 Å². The van der Waals surface area contributed by atoms with Crippen molar-refractivity contribution in [1.29, 1.82) is 0 Å². The molecular weight excluding hydrogens is 473 g/mol. The maximum Gasteiger partial charge on any atom is 0.256 e. The van der Waals surface area contributed by atoms with Crippen LogP contribution in [0.3, 0.4) is 0 Å². The number of thiocarbonyl (C=S) groups is 1. The van der Waals surface area contributed by atoms with E-state index in [4.69, 9.17) is 17.0 Å². The zero-order valence-electron chi connectivity index (χ0n) is 18.6. The van der Waals surface area contributed by atoms with E-state index < -0.39 is 11.9 Å². The van der Waals surface area contributed by atoms with Crippen molar-refractivity contribution in [2.75, 3.05) is 16.8 Å². The van der Waals surface area contributed by atoms with E-state index >= 15 is 0 Å². The summed E-state index contributed by atoms with van der Waals surface area (Å²) in [7, 11) is 0. The van der Waals surface area contributed by atoms with Gasteiger partial charge in [0.1, 0.15) is 17.6 Å². The molecule has 1 aromatic heterocycles. The molecule has 1 fully saturated rings. The van der Waals surface area contributed by atoms with Gasteiger partial charge in [0.2, 0.25) is 5.91 Å². The van der Waals surface area contributed by atoms with Gasteiger partial charge in [-0.05, 0) is 78.6 Å². The lowest BCUT2D eigenvalue weighted by Gasteiger charge is -2.23. The lowest BCUT2D eigenvalue weighted by Crippen LogP contribution is -2.37. The molecule has 1 atom stereocenters. The topological polar surface area (TPSA) is 61.9 Å². The fourth-order valence-corrected chi connectivity index (χ4v) is 4.74. The van der Waals surface area contributed by atoms with Gasteiger partial charge in [0, 0.05) is 10.6 Å². The fraction of sp³-hybridized carbons (Fsp3) is 0.240. The molecule has 176 valence electrons. The first kappa shape index (κ1) is 23.8. The Morgan fingerprint density at radius 2 is 1.88 bits per heavy atom. The first-order chi connectivity index (χ1) is 16.5. The van der Waals surface area contributed by atoms with E-state index in [0.29, 0.717) is 29.6 Å². The number of hydrogen-bond acceptors (Lipinski definition) is 5. The number of nitrogens with zero attached hydrogens (tertiary/aromatic N) is 2. The highest BCUT2D eigenvalue weighted by Gasteiger charge is 2.44. The van der Waals surface area contributed by atoms with Crippen molar-refractivity contribution in [2.45, 2.75) is 32.4 Å². The minimum Gasteiger partial charge on any atom is -0.494 e. The Morgan fingerprint density at radius 1 is 1.15 bits per heavy atom. The molecule has 0 unspecified atom stereocenters. The summed E-state index contributed by atoms with van der Waals surface area (Å²) in [5, 5.41) is 5.09. The number of anilines is 2. The standard InChI is InChI=1S/C25H24FN3O3S2/c1-2-13-32-20-11-7-18(8-12-20)27-23(30)15-22-24(31)29(19-9-5-17(26)6-10-19)25(33)28(22)16-21-4-3-14-34-21/h3-12,14,22H,2,13,15-16H2,1H3,(H,27,30)/t22-/m1/s1. The van der Waals surface area contributed by atoms with Crippen LogP contribution in [0.4, 0.5) is 15.8 Å². The van der Waals surface area contributed by atoms with Crippen molar-refractivity contribution < 1.29 is 18.7 Å². The largest absolute Gasteiger partial charge is 0.494 e. The molecule has 6 nitrogen and oxygen atoms in total. The van der Waals surface area contributed by atoms with Crippen molar-refractivity contribution in [3.8, 4) is 5.75 Å². The first-order valence-electron chi connectivity index (χ1n) is 10.9. The SMILES string of the molecule is CCCOc1ccc(NC(=O)C[C@@H]2C(=O)N(c3ccc(F)cc3)C(=S)N2Cc2cccs2)cc1. The minimum atomic E-state index is -0.771. The Balaban J connectivity index is 1.51. The minimum absolute atomic E-state index is 0.0733. The number of carbonyl (C=O) groups excluding carboxylic acids is 2. The van der Waals surface area contributed by atoms with Gasteiger partial charge in [-0.2, -0.15) is 0 Å². The second kappa shape index (κ2) is 10.8. The molecule has 2 amide bonds. The number of hydrogen-bond donors (Lipinski definition) is 1. The van der Waals surface area contributed by atoms with E-state index in [-0.39, 0.29) is 18.2 Å². The Morgan fingerprint density at radius 3 is 2.53 bits per heavy atom. The number of rotatable bonds is 9. The Bertz CT molecular complexity index is 1150. The fourth-order valence-electron chi connectivity index (χ4n) is 3.65. The van der Waals surface area contributed by atoms with Gasteiger partial charge in [-0.3, -0.25) is 14.5 Å². The van der Waals surface area contributed by atoms with Crippen molar-refractivity contribution in [2.24, 2.45) is 0 Å². The lowest BCUT2D eigenvalue weighted by atomic mass is 10.1. The predicted octanol–water partition coefficient (Wildman–Crippen LogP) is 5.21. The van der Waals surface area contributed by atoms with Crippen molar-refractivity contribution in [3.63, 3.8) is 0 Å². The zero-order valence-corrected chi connectivity index (χ0v) is 20.2. The van der Waals surface area contributed by atoms with E-state index in [0.717, 1.165) is 17.0 Å². The second-order valence-corrected chi connectivity index (χ2v) is 9.18. The number of ether oxygens (including phenoxy) is 1. The van der Waals surface area contributed by atoms with Gasteiger partial charge in [-0.15, -0.1) is 11.3 Å². The molecule has 0 radical (unpaired) electrons. The lowest BCUT2D eigenvalue weighted by molar-refractivity contribution is -0.124. The van der Waals surface area contributed by atoms with Gasteiger partial charge in [0.05, 0.1) is 25.3 Å². The highest BCUT2D eigenvalue weighted by molar-refractivity contribution is 7.80. The molecule has 1 aliphatic heterocycles. The van der Waals surface area contributed by atoms with Gasteiger partial charge in [0.15, 0.2) is 5.11 Å². The van der Waals surface area contributed by atoms with Crippen LogP contribution in [-0.4, -0.2) is 34.5 Å². The van der Waals surface area contributed by atoms with Gasteiger partial charge in [-0.1, -0.05) is 13.0 Å². The monoisotopic (exact) mass is 497 g/mol. The molecule has 0 spiro atoms. The summed E-state index contributed by atoms with van der Waals surface area (Å²) in [6, 6.07) is 15.8. The van der Waals surface area contributed by atoms with Crippen LogP contribution >= 0.6 is 23.6 Å². The maximum absolute atomic E-state index is 13.4. The molecule has 0 aliphatic carbocycles. The number of thiophene rings is 1. The zero-order chi connectivity index (χ0) is 24.1. The van der Waals surface area contributed by atoms with Crippen LogP contribution in [0.5, 0.6) is 5.75 Å². The normalized spacial score (nSPS) is 15.6. The molecule has 2 aromatic carbocycles. The summed E-state index contributed by atoms with van der Waals surface area (Å²) in [5.74, 6) is -0.292. The Kier molecular flexibility index (Phi) is 7.54. The molecule has 1 aliphatic rings. The number of amides is 2. The molecule has 4 rings (SSSR count). The molecule has 9 heteroatoms. The van der Waals surface area contributed by atoms with Crippen LogP contribution < -0.4 is 15.0 Å². The molecule has 0 saturated carbocycles. The van der Waals surface area contributed by atoms with Crippen molar-refractivity contribution >= 4 is 51.9 Å². The quantitative estimate of drug-likeness (QED) is 0.412. The number of halogens is 1. The van der Waals surface area contributed by atoms with E-state index in [9.17, 15) is 14.0 Å². The molecule has 3 aromatic rings. The van der Waals surface area contributed by atoms with Crippen LogP contribution in [0.1, 0.15) is 24.6 Å². The maximum atomic E-state index is 13.4. The third-order valence-electron chi connectivity index (χ3n) is 5.30. The van der Waals surface area contributed by atoms with Gasteiger partial charge >= 0.3 is 0 Å². The molecule has 1 N–H and O–H groups in total. The number of carbonyl (C=O) groups is 2. The van der Waals surface area contributed by atoms with Gasteiger partial charge < -0.3 is 15.0 Å². The molecular formula is C25H24FN3O3S2. The summed E-state index contributed by atoms with van der Waals surface area (Å²) < 4.78 is 19.0. The summed E-state index contributed by atoms with van der Waals surface area (Å²) in [5.41, 5.74) is 1.08. The van der Waals surface area contributed by atoms with Crippen LogP contribution in [0.15, 0.2) is 66.0 Å². The third-order valence-corrected chi connectivity index (χ3v) is 6.58. The van der Waals surface area contributed by atoms with Crippen molar-refractivity contribution in [3.05, 3.63) is 76.7 Å². The van der Waals surface area contributed by atoms with E-state index in [1.54, 1.807) is 40.5 Å². The Labute approximate surface area is 206 Å². The summed E-state index contributed by atoms with van der Waals surface area (Å²) >= 11 is 7.18. The third kappa shape index (κ3) is 5.43. The predicted molar refractivity (Wildman–Crippen MR) is 136 cm³/mol. The average molecular weight is 498 g/mol. The van der Waals surface area contributed by atoms with Crippen LogP contribution in [-0.2, 0) is 16.1 Å². The molecule has 34 heavy (non-hydrogen) atoms.